The molecule has 0 aliphatic heterocycles. The van der Waals surface area contributed by atoms with Crippen LogP contribution in [-0.2, 0) is 18.4 Å². The lowest BCUT2D eigenvalue weighted by molar-refractivity contribution is -0.113. The van der Waals surface area contributed by atoms with E-state index in [1.54, 1.807) is 33.8 Å². The first-order chi connectivity index (χ1) is 19.3. The number of aromatic nitrogens is 5. The molecule has 8 nitrogen and oxygen atoms in total. The van der Waals surface area contributed by atoms with Crippen LogP contribution in [-0.4, -0.2) is 35.8 Å². The first-order valence-electron chi connectivity index (χ1n) is 12.8. The molecule has 0 unspecified atom stereocenters. The van der Waals surface area contributed by atoms with E-state index < -0.39 is 0 Å². The summed E-state index contributed by atoms with van der Waals surface area (Å²) in [6.45, 7) is 10.4. The van der Waals surface area contributed by atoms with Crippen LogP contribution >= 0.6 is 23.1 Å². The number of hydrogen-bond acceptors (Lipinski definition) is 6. The number of rotatable bonds is 9. The van der Waals surface area contributed by atoms with Crippen molar-refractivity contribution in [3.63, 3.8) is 0 Å². The monoisotopic (exact) mass is 570 g/mol. The molecule has 0 fully saturated rings. The van der Waals surface area contributed by atoms with Crippen molar-refractivity contribution < 1.29 is 4.79 Å². The molecule has 0 aliphatic carbocycles. The molecule has 5 rings (SSSR count). The topological polar surface area (TPSA) is 86.7 Å². The number of para-hydroxylation sites is 1. The third kappa shape index (κ3) is 5.20. The van der Waals surface area contributed by atoms with Gasteiger partial charge in [-0.05, 0) is 38.5 Å². The average Bonchev–Trinajstić information content (AvgIpc) is 3.59. The number of thioether (sulfide) groups is 1. The van der Waals surface area contributed by atoms with E-state index in [4.69, 9.17) is 0 Å². The van der Waals surface area contributed by atoms with Crippen molar-refractivity contribution in [3.8, 4) is 28.2 Å². The summed E-state index contributed by atoms with van der Waals surface area (Å²) in [7, 11) is 1.80. The van der Waals surface area contributed by atoms with E-state index >= 15 is 0 Å². The number of nitrogens with zero attached hydrogens (tertiary/aromatic N) is 5. The van der Waals surface area contributed by atoms with E-state index in [2.05, 4.69) is 65.6 Å². The van der Waals surface area contributed by atoms with Crippen molar-refractivity contribution in [1.82, 2.24) is 24.1 Å². The molecule has 2 aromatic carbocycles. The molecule has 10 heteroatoms. The third-order valence-electron chi connectivity index (χ3n) is 6.74. The van der Waals surface area contributed by atoms with Gasteiger partial charge in [0.15, 0.2) is 11.0 Å². The van der Waals surface area contributed by atoms with Crippen molar-refractivity contribution in [2.45, 2.75) is 32.5 Å². The average molecular weight is 571 g/mol. The Morgan fingerprint density at radius 2 is 1.80 bits per heavy atom. The van der Waals surface area contributed by atoms with Crippen molar-refractivity contribution in [1.29, 1.82) is 0 Å². The Labute approximate surface area is 241 Å². The van der Waals surface area contributed by atoms with Gasteiger partial charge in [0.2, 0.25) is 5.91 Å². The van der Waals surface area contributed by atoms with Crippen molar-refractivity contribution in [2.24, 2.45) is 7.05 Å². The summed E-state index contributed by atoms with van der Waals surface area (Å²) in [6.07, 6.45) is 1.79. The third-order valence-corrected chi connectivity index (χ3v) is 8.61. The van der Waals surface area contributed by atoms with Crippen LogP contribution in [0.15, 0.2) is 82.6 Å². The van der Waals surface area contributed by atoms with Crippen LogP contribution in [0.1, 0.15) is 16.1 Å². The molecular weight excluding hydrogens is 541 g/mol. The van der Waals surface area contributed by atoms with Gasteiger partial charge in [0.05, 0.1) is 17.1 Å². The highest BCUT2D eigenvalue weighted by molar-refractivity contribution is 7.99. The number of benzene rings is 2. The molecule has 0 radical (unpaired) electrons. The van der Waals surface area contributed by atoms with Crippen molar-refractivity contribution in [2.75, 3.05) is 11.1 Å². The van der Waals surface area contributed by atoms with Gasteiger partial charge in [-0.1, -0.05) is 65.9 Å². The highest BCUT2D eigenvalue weighted by Gasteiger charge is 2.22. The molecule has 40 heavy (non-hydrogen) atoms. The van der Waals surface area contributed by atoms with Crippen LogP contribution in [0.25, 0.3) is 28.2 Å². The highest BCUT2D eigenvalue weighted by atomic mass is 32.2. The summed E-state index contributed by atoms with van der Waals surface area (Å²) in [6, 6.07) is 17.8. The van der Waals surface area contributed by atoms with Crippen LogP contribution < -0.4 is 10.9 Å². The van der Waals surface area contributed by atoms with E-state index in [0.717, 1.165) is 28.2 Å². The molecule has 1 amide bonds. The first-order valence-corrected chi connectivity index (χ1v) is 14.6. The maximum absolute atomic E-state index is 13.2. The summed E-state index contributed by atoms with van der Waals surface area (Å²) in [5.74, 6) is 0.506. The maximum atomic E-state index is 13.2. The smallest absolute Gasteiger partial charge is 0.295 e. The number of carbonyl (C=O) groups excluding carboxylic acids is 1. The van der Waals surface area contributed by atoms with E-state index in [1.165, 1.54) is 22.2 Å². The van der Waals surface area contributed by atoms with Gasteiger partial charge in [0.25, 0.3) is 5.56 Å². The van der Waals surface area contributed by atoms with Crippen LogP contribution in [0.4, 0.5) is 5.69 Å². The second-order valence-corrected chi connectivity index (χ2v) is 11.5. The summed E-state index contributed by atoms with van der Waals surface area (Å²) in [5, 5.41) is 14.5. The molecule has 1 N–H and O–H groups in total. The Hall–Kier alpha value is -4.15. The predicted octanol–water partition coefficient (Wildman–Crippen LogP) is 6.01. The SMILES string of the molecule is C=CCn1c(SCC(=O)Nc2c(C)n(C)n(-c3ccccc3)c2=O)nnc1-c1csc(C)c1-c1ccc(C)cc1. The zero-order valence-electron chi connectivity index (χ0n) is 22.8. The largest absolute Gasteiger partial charge is 0.319 e. The first kappa shape index (κ1) is 27.4. The molecule has 204 valence electrons. The van der Waals surface area contributed by atoms with Crippen molar-refractivity contribution >= 4 is 34.7 Å². The van der Waals surface area contributed by atoms with E-state index in [-0.39, 0.29) is 22.9 Å². The zero-order valence-corrected chi connectivity index (χ0v) is 24.5. The number of amides is 1. The number of anilines is 1. The summed E-state index contributed by atoms with van der Waals surface area (Å²) in [4.78, 5) is 27.4. The minimum absolute atomic E-state index is 0.0713. The second-order valence-electron chi connectivity index (χ2n) is 9.43. The van der Waals surface area contributed by atoms with E-state index in [1.807, 2.05) is 41.8 Å². The fourth-order valence-corrected chi connectivity index (χ4v) is 6.22. The normalized spacial score (nSPS) is 11.1. The Kier molecular flexibility index (Phi) is 7.90. The second kappa shape index (κ2) is 11.5. The van der Waals surface area contributed by atoms with E-state index in [0.29, 0.717) is 17.4 Å². The van der Waals surface area contributed by atoms with Crippen LogP contribution in [0.2, 0.25) is 0 Å². The Balaban J connectivity index is 1.38. The summed E-state index contributed by atoms with van der Waals surface area (Å²) in [5.41, 5.74) is 5.84. The number of allylic oxidation sites excluding steroid dienone is 1. The van der Waals surface area contributed by atoms with Gasteiger partial charge in [0, 0.05) is 35.0 Å². The van der Waals surface area contributed by atoms with Crippen molar-refractivity contribution in [3.05, 3.63) is 99.1 Å². The van der Waals surface area contributed by atoms with Gasteiger partial charge in [-0.3, -0.25) is 18.8 Å². The lowest BCUT2D eigenvalue weighted by Crippen LogP contribution is -2.23. The predicted molar refractivity (Wildman–Crippen MR) is 164 cm³/mol. The Morgan fingerprint density at radius 3 is 2.50 bits per heavy atom. The van der Waals surface area contributed by atoms with Crippen LogP contribution in [0.5, 0.6) is 0 Å². The number of aryl methyl sites for hydroxylation is 2. The zero-order chi connectivity index (χ0) is 28.4. The molecule has 0 saturated heterocycles. The van der Waals surface area contributed by atoms with E-state index in [9.17, 15) is 9.59 Å². The molecule has 3 aromatic heterocycles. The minimum Gasteiger partial charge on any atom is -0.319 e. The number of nitrogens with one attached hydrogen (secondary N) is 1. The molecule has 0 bridgehead atoms. The lowest BCUT2D eigenvalue weighted by atomic mass is 10.0. The van der Waals surface area contributed by atoms with Gasteiger partial charge in [-0.15, -0.1) is 28.1 Å². The van der Waals surface area contributed by atoms with Gasteiger partial charge in [-0.2, -0.15) is 0 Å². The highest BCUT2D eigenvalue weighted by Crippen LogP contribution is 2.39. The molecule has 0 atom stereocenters. The molecule has 5 aromatic rings. The fraction of sp³-hybridized carbons (Fsp3) is 0.200. The quantitative estimate of drug-likeness (QED) is 0.173. The minimum atomic E-state index is -0.294. The molecule has 3 heterocycles. The summed E-state index contributed by atoms with van der Waals surface area (Å²) < 4.78 is 5.25. The van der Waals surface area contributed by atoms with Crippen LogP contribution in [0.3, 0.4) is 0 Å². The Bertz CT molecular complexity index is 1740. The van der Waals surface area contributed by atoms with Crippen LogP contribution in [0, 0.1) is 20.8 Å². The standard InChI is InChI=1S/C30H30N6O2S2/c1-6-16-35-28(24-17-39-21(4)26(24)22-14-12-19(2)13-15-22)32-33-30(35)40-18-25(37)31-27-20(3)34(5)36(29(27)38)23-10-8-7-9-11-23/h6-15,17H,1,16,18H2,2-5H3,(H,31,37). The van der Waals surface area contributed by atoms with Gasteiger partial charge in [-0.25, -0.2) is 4.68 Å². The summed E-state index contributed by atoms with van der Waals surface area (Å²) >= 11 is 2.95. The molecular formula is C30H30N6O2S2. The molecule has 0 saturated carbocycles. The number of hydrogen-bond donors (Lipinski definition) is 1. The maximum Gasteiger partial charge on any atom is 0.295 e. The fourth-order valence-electron chi connectivity index (χ4n) is 4.60. The molecule has 0 aliphatic rings. The number of thiophene rings is 1. The Morgan fingerprint density at radius 1 is 1.07 bits per heavy atom. The van der Waals surface area contributed by atoms with Gasteiger partial charge < -0.3 is 5.32 Å². The molecule has 0 spiro atoms. The lowest BCUT2D eigenvalue weighted by Gasteiger charge is -2.10. The van der Waals surface area contributed by atoms with Gasteiger partial charge in [0.1, 0.15) is 5.69 Å². The van der Waals surface area contributed by atoms with Gasteiger partial charge >= 0.3 is 0 Å². The number of carbonyl (C=O) groups is 1.